The molecule has 0 saturated carbocycles. The van der Waals surface area contributed by atoms with Crippen LogP contribution < -0.4 is 5.32 Å². The Morgan fingerprint density at radius 3 is 2.45 bits per heavy atom. The van der Waals surface area contributed by atoms with Crippen molar-refractivity contribution in [2.24, 2.45) is 5.92 Å². The van der Waals surface area contributed by atoms with E-state index in [0.717, 1.165) is 26.4 Å². The van der Waals surface area contributed by atoms with Gasteiger partial charge in [-0.3, -0.25) is 4.79 Å². The van der Waals surface area contributed by atoms with Crippen molar-refractivity contribution in [3.8, 4) is 0 Å². The first kappa shape index (κ1) is 23.6. The molecule has 134 valence electrons. The number of carbonyl (C=O) groups excluding carboxylic acids is 1. The monoisotopic (exact) mass is 321 g/mol. The van der Waals surface area contributed by atoms with Gasteiger partial charge >= 0.3 is 0 Å². The zero-order chi connectivity index (χ0) is 16.1. The van der Waals surface area contributed by atoms with Gasteiger partial charge in [0, 0.05) is 20.1 Å². The number of hydrogen-bond donors (Lipinski definition) is 3. The van der Waals surface area contributed by atoms with Crippen LogP contribution in [-0.4, -0.2) is 54.1 Å². The van der Waals surface area contributed by atoms with Crippen LogP contribution in [0.25, 0.3) is 0 Å². The third-order valence-electron chi connectivity index (χ3n) is 3.73. The van der Waals surface area contributed by atoms with E-state index in [2.05, 4.69) is 19.2 Å². The Bertz CT molecular complexity index is 263. The van der Waals surface area contributed by atoms with Crippen molar-refractivity contribution >= 4 is 5.91 Å². The van der Waals surface area contributed by atoms with Crippen molar-refractivity contribution in [2.75, 3.05) is 20.3 Å². The van der Waals surface area contributed by atoms with Crippen LogP contribution in [0.5, 0.6) is 0 Å². The summed E-state index contributed by atoms with van der Waals surface area (Å²) in [5.41, 5.74) is 0. The predicted octanol–water partition coefficient (Wildman–Crippen LogP) is 1.03. The second-order valence-corrected chi connectivity index (χ2v) is 5.73. The molecule has 5 N–H and O–H groups in total. The number of amides is 1. The molecule has 6 nitrogen and oxygen atoms in total. The SMILES string of the molecule is CCCCCCCC(=O)NC1C[C@H](C)CO[C@H]1CO.CO.O. The lowest BCUT2D eigenvalue weighted by Gasteiger charge is -2.34. The number of aliphatic hydroxyl groups is 2. The van der Waals surface area contributed by atoms with Crippen LogP contribution in [0.2, 0.25) is 0 Å². The Balaban J connectivity index is 0. The molecule has 0 aromatic carbocycles. The molecule has 3 atom stereocenters. The quantitative estimate of drug-likeness (QED) is 0.580. The fourth-order valence-electron chi connectivity index (χ4n) is 2.56. The molecule has 0 aliphatic carbocycles. The maximum absolute atomic E-state index is 11.9. The number of nitrogens with one attached hydrogen (secondary N) is 1. The first-order valence-corrected chi connectivity index (χ1v) is 8.13. The predicted molar refractivity (Wildman–Crippen MR) is 87.7 cm³/mol. The van der Waals surface area contributed by atoms with Crippen molar-refractivity contribution in [3.05, 3.63) is 0 Å². The van der Waals surface area contributed by atoms with Gasteiger partial charge in [0.15, 0.2) is 0 Å². The summed E-state index contributed by atoms with van der Waals surface area (Å²) < 4.78 is 5.55. The van der Waals surface area contributed by atoms with Crippen LogP contribution in [0.1, 0.15) is 58.8 Å². The summed E-state index contributed by atoms with van der Waals surface area (Å²) in [6, 6.07) is -0.0307. The van der Waals surface area contributed by atoms with Gasteiger partial charge in [0.25, 0.3) is 0 Å². The van der Waals surface area contributed by atoms with Crippen LogP contribution in [0, 0.1) is 5.92 Å². The molecule has 6 heteroatoms. The second-order valence-electron chi connectivity index (χ2n) is 5.73. The minimum Gasteiger partial charge on any atom is -0.412 e. The molecule has 1 unspecified atom stereocenters. The zero-order valence-electron chi connectivity index (χ0n) is 14.3. The van der Waals surface area contributed by atoms with E-state index in [4.69, 9.17) is 9.84 Å². The summed E-state index contributed by atoms with van der Waals surface area (Å²) >= 11 is 0. The van der Waals surface area contributed by atoms with Crippen molar-refractivity contribution in [1.29, 1.82) is 0 Å². The van der Waals surface area contributed by atoms with Crippen LogP contribution in [0.4, 0.5) is 0 Å². The average molecular weight is 321 g/mol. The fourth-order valence-corrected chi connectivity index (χ4v) is 2.56. The fraction of sp³-hybridized carbons (Fsp3) is 0.938. The number of hydrogen-bond acceptors (Lipinski definition) is 4. The van der Waals surface area contributed by atoms with E-state index in [-0.39, 0.29) is 30.1 Å². The Labute approximate surface area is 134 Å². The Kier molecular flexibility index (Phi) is 16.3. The summed E-state index contributed by atoms with van der Waals surface area (Å²) in [6.07, 6.45) is 7.03. The zero-order valence-corrected chi connectivity index (χ0v) is 14.3. The van der Waals surface area contributed by atoms with E-state index in [1.165, 1.54) is 19.3 Å². The number of unbranched alkanes of at least 4 members (excludes halogenated alkanes) is 4. The van der Waals surface area contributed by atoms with E-state index in [1.807, 2.05) is 0 Å². The third kappa shape index (κ3) is 10.1. The van der Waals surface area contributed by atoms with Crippen LogP contribution >= 0.6 is 0 Å². The van der Waals surface area contributed by atoms with Crippen molar-refractivity contribution in [1.82, 2.24) is 5.32 Å². The molecule has 0 radical (unpaired) electrons. The third-order valence-corrected chi connectivity index (χ3v) is 3.73. The minimum atomic E-state index is -0.236. The van der Waals surface area contributed by atoms with Crippen LogP contribution in [-0.2, 0) is 9.53 Å². The highest BCUT2D eigenvalue weighted by atomic mass is 16.5. The highest BCUT2D eigenvalue weighted by Crippen LogP contribution is 2.19. The van der Waals surface area contributed by atoms with Crippen molar-refractivity contribution in [3.63, 3.8) is 0 Å². The molecule has 1 saturated heterocycles. The molecule has 1 rings (SSSR count). The summed E-state index contributed by atoms with van der Waals surface area (Å²) in [5, 5.41) is 19.3. The summed E-state index contributed by atoms with van der Waals surface area (Å²) in [7, 11) is 1.00. The van der Waals surface area contributed by atoms with Crippen LogP contribution in [0.15, 0.2) is 0 Å². The van der Waals surface area contributed by atoms with Gasteiger partial charge in [-0.2, -0.15) is 0 Å². The van der Waals surface area contributed by atoms with E-state index in [9.17, 15) is 9.90 Å². The Morgan fingerprint density at radius 1 is 1.23 bits per heavy atom. The molecule has 22 heavy (non-hydrogen) atoms. The largest absolute Gasteiger partial charge is 0.412 e. The topological polar surface area (TPSA) is 110 Å². The highest BCUT2D eigenvalue weighted by molar-refractivity contribution is 5.76. The van der Waals surface area contributed by atoms with Crippen molar-refractivity contribution in [2.45, 2.75) is 70.9 Å². The van der Waals surface area contributed by atoms with Gasteiger partial charge in [0.1, 0.15) is 6.10 Å². The average Bonchev–Trinajstić information content (AvgIpc) is 2.49. The first-order chi connectivity index (χ1) is 10.2. The van der Waals surface area contributed by atoms with E-state index >= 15 is 0 Å². The van der Waals surface area contributed by atoms with Gasteiger partial charge in [-0.05, 0) is 18.8 Å². The molecular formula is C16H35NO5. The number of ether oxygens (including phenoxy) is 1. The highest BCUT2D eigenvalue weighted by Gasteiger charge is 2.29. The molecule has 1 fully saturated rings. The standard InChI is InChI=1S/C15H29NO3.CH4O.H2O/c1-3-4-5-6-7-8-15(18)16-13-9-12(2)11-19-14(13)10-17;1-2;/h12-14,17H,3-11H2,1-2H3,(H,16,18);2H,1H3;1H2/t12-,13?,14-;;/m0../s1. The van der Waals surface area contributed by atoms with Gasteiger partial charge in [-0.15, -0.1) is 0 Å². The lowest BCUT2D eigenvalue weighted by atomic mass is 9.95. The lowest BCUT2D eigenvalue weighted by Crippen LogP contribution is -2.50. The van der Waals surface area contributed by atoms with Gasteiger partial charge in [-0.1, -0.05) is 39.5 Å². The Morgan fingerprint density at radius 2 is 1.86 bits per heavy atom. The maximum Gasteiger partial charge on any atom is 0.220 e. The molecule has 0 aromatic heterocycles. The van der Waals surface area contributed by atoms with E-state index in [0.29, 0.717) is 18.9 Å². The van der Waals surface area contributed by atoms with Gasteiger partial charge in [0.2, 0.25) is 5.91 Å². The molecular weight excluding hydrogens is 286 g/mol. The number of aliphatic hydroxyl groups excluding tert-OH is 2. The Hall–Kier alpha value is -0.690. The molecule has 0 bridgehead atoms. The smallest absolute Gasteiger partial charge is 0.220 e. The van der Waals surface area contributed by atoms with Crippen molar-refractivity contribution < 1.29 is 25.2 Å². The molecule has 1 aliphatic rings. The molecule has 1 heterocycles. The van der Waals surface area contributed by atoms with Gasteiger partial charge in [0.05, 0.1) is 12.6 Å². The van der Waals surface area contributed by atoms with E-state index in [1.54, 1.807) is 0 Å². The molecule has 0 spiro atoms. The summed E-state index contributed by atoms with van der Waals surface area (Å²) in [5.74, 6) is 0.537. The van der Waals surface area contributed by atoms with Gasteiger partial charge in [-0.25, -0.2) is 0 Å². The lowest BCUT2D eigenvalue weighted by molar-refractivity contribution is -0.126. The number of rotatable bonds is 8. The summed E-state index contributed by atoms with van der Waals surface area (Å²) in [4.78, 5) is 11.9. The molecule has 1 amide bonds. The first-order valence-electron chi connectivity index (χ1n) is 8.13. The molecule has 0 aromatic rings. The van der Waals surface area contributed by atoms with E-state index < -0.39 is 0 Å². The van der Waals surface area contributed by atoms with Gasteiger partial charge < -0.3 is 25.7 Å². The summed E-state index contributed by atoms with van der Waals surface area (Å²) in [6.45, 7) is 4.95. The maximum atomic E-state index is 11.9. The molecule has 1 aliphatic heterocycles. The number of carbonyl (C=O) groups is 1. The second kappa shape index (κ2) is 15.2. The normalized spacial score (nSPS) is 23.8. The minimum absolute atomic E-state index is 0. The van der Waals surface area contributed by atoms with Crippen LogP contribution in [0.3, 0.4) is 0 Å².